The number of hydrogen-bond acceptors (Lipinski definition) is 4. The van der Waals surface area contributed by atoms with Crippen molar-refractivity contribution in [2.24, 2.45) is 0 Å². The van der Waals surface area contributed by atoms with E-state index < -0.39 is 0 Å². The molecule has 11 aromatic rings. The van der Waals surface area contributed by atoms with Gasteiger partial charge >= 0.3 is 0 Å². The van der Waals surface area contributed by atoms with Crippen molar-refractivity contribution < 1.29 is 4.42 Å². The van der Waals surface area contributed by atoms with E-state index in [-0.39, 0.29) is 0 Å². The molecule has 0 amide bonds. The van der Waals surface area contributed by atoms with E-state index >= 15 is 0 Å². The summed E-state index contributed by atoms with van der Waals surface area (Å²) in [5.41, 5.74) is 19.0. The summed E-state index contributed by atoms with van der Waals surface area (Å²) in [6.07, 6.45) is 0. The summed E-state index contributed by atoms with van der Waals surface area (Å²) in [5.74, 6) is 0.615. The highest BCUT2D eigenvalue weighted by molar-refractivity contribution is 6.06. The van der Waals surface area contributed by atoms with Gasteiger partial charge in [0.2, 0.25) is 5.89 Å². The molecule has 0 fully saturated rings. The maximum absolute atomic E-state index is 6.04. The molecule has 0 aliphatic carbocycles. The molecule has 0 spiro atoms. The maximum Gasteiger partial charge on any atom is 0.227 e. The number of hydrogen-bond donors (Lipinski definition) is 0. The molecule has 0 radical (unpaired) electrons. The van der Waals surface area contributed by atoms with Gasteiger partial charge in [-0.25, -0.2) is 15.0 Å². The third-order valence-electron chi connectivity index (χ3n) is 11.4. The number of rotatable bonds is 8. The summed E-state index contributed by atoms with van der Waals surface area (Å²) in [5, 5.41) is 0. The Morgan fingerprint density at radius 1 is 0.246 bits per heavy atom. The zero-order valence-electron chi connectivity index (χ0n) is 33.1. The molecule has 9 aromatic carbocycles. The third-order valence-corrected chi connectivity index (χ3v) is 11.4. The van der Waals surface area contributed by atoms with Crippen LogP contribution in [0.1, 0.15) is 0 Å². The van der Waals surface area contributed by atoms with Crippen LogP contribution in [0.5, 0.6) is 0 Å². The Bertz CT molecular complexity index is 3290. The van der Waals surface area contributed by atoms with Gasteiger partial charge in [-0.15, -0.1) is 0 Å². The molecule has 286 valence electrons. The zero-order valence-corrected chi connectivity index (χ0v) is 33.1. The average molecular weight is 780 g/mol. The number of para-hydroxylation sites is 2. The molecule has 2 aromatic heterocycles. The average Bonchev–Trinajstić information content (AvgIpc) is 3.79. The van der Waals surface area contributed by atoms with Crippen LogP contribution in [0.15, 0.2) is 229 Å². The first-order valence-corrected chi connectivity index (χ1v) is 20.5. The summed E-state index contributed by atoms with van der Waals surface area (Å²) in [4.78, 5) is 16.1. The van der Waals surface area contributed by atoms with Crippen LogP contribution in [-0.4, -0.2) is 15.0 Å². The quantitative estimate of drug-likeness (QED) is 0.154. The summed E-state index contributed by atoms with van der Waals surface area (Å²) in [6.45, 7) is 0. The predicted molar refractivity (Wildman–Crippen MR) is 251 cm³/mol. The molecule has 4 heteroatoms. The fraction of sp³-hybridized carbons (Fsp3) is 0. The minimum Gasteiger partial charge on any atom is -0.436 e. The van der Waals surface area contributed by atoms with Gasteiger partial charge in [0.15, 0.2) is 5.58 Å². The van der Waals surface area contributed by atoms with Crippen LogP contribution < -0.4 is 0 Å². The lowest BCUT2D eigenvalue weighted by molar-refractivity contribution is 0.620. The Hall–Kier alpha value is -8.21. The normalized spacial score (nSPS) is 11.3. The molecule has 0 bridgehead atoms. The topological polar surface area (TPSA) is 51.8 Å². The fourth-order valence-electron chi connectivity index (χ4n) is 8.37. The first-order valence-electron chi connectivity index (χ1n) is 20.5. The van der Waals surface area contributed by atoms with Crippen LogP contribution in [0.4, 0.5) is 0 Å². The van der Waals surface area contributed by atoms with E-state index in [9.17, 15) is 0 Å². The molecule has 0 aliphatic rings. The van der Waals surface area contributed by atoms with Crippen molar-refractivity contribution in [1.29, 1.82) is 0 Å². The van der Waals surface area contributed by atoms with Crippen molar-refractivity contribution in [1.82, 2.24) is 15.0 Å². The summed E-state index contributed by atoms with van der Waals surface area (Å²) >= 11 is 0. The van der Waals surface area contributed by atoms with Gasteiger partial charge in [0.05, 0.1) is 22.4 Å². The molecule has 0 unspecified atom stereocenters. The van der Waals surface area contributed by atoms with Crippen LogP contribution in [0.3, 0.4) is 0 Å². The number of nitrogens with zero attached hydrogens (tertiary/aromatic N) is 3. The van der Waals surface area contributed by atoms with Crippen molar-refractivity contribution in [3.63, 3.8) is 0 Å². The molecule has 0 atom stereocenters. The van der Waals surface area contributed by atoms with Crippen molar-refractivity contribution in [3.8, 4) is 89.6 Å². The monoisotopic (exact) mass is 779 g/mol. The van der Waals surface area contributed by atoms with Crippen LogP contribution >= 0.6 is 0 Å². The van der Waals surface area contributed by atoms with Crippen LogP contribution in [0.2, 0.25) is 0 Å². The lowest BCUT2D eigenvalue weighted by Crippen LogP contribution is -2.00. The van der Waals surface area contributed by atoms with E-state index in [1.807, 2.05) is 30.3 Å². The standard InChI is InChI=1S/C57H37N3O/c1-4-16-40(17-5-1)45-22-10-12-24-47(45)49-36-37-50(48-25-13-11-23-46(48)41-18-6-2-7-19-41)56-55(49)59-53(42-20-8-3-9-21-42)54(60-56)43-32-28-38(29-33-43)39-30-34-44(35-31-39)57-58-51-26-14-15-27-52(51)61-57/h1-37H. The van der Waals surface area contributed by atoms with E-state index in [0.29, 0.717) is 5.89 Å². The molecule has 2 heterocycles. The zero-order chi connectivity index (χ0) is 40.5. The summed E-state index contributed by atoms with van der Waals surface area (Å²) < 4.78 is 6.04. The van der Waals surface area contributed by atoms with Gasteiger partial charge in [0, 0.05) is 27.8 Å². The Morgan fingerprint density at radius 2 is 0.623 bits per heavy atom. The lowest BCUT2D eigenvalue weighted by Gasteiger charge is -2.19. The number of benzene rings is 9. The summed E-state index contributed by atoms with van der Waals surface area (Å²) in [6, 6.07) is 78.1. The van der Waals surface area contributed by atoms with Gasteiger partial charge in [-0.05, 0) is 68.8 Å². The second-order valence-corrected chi connectivity index (χ2v) is 15.1. The van der Waals surface area contributed by atoms with Gasteiger partial charge < -0.3 is 4.42 Å². The molecule has 4 nitrogen and oxygen atoms in total. The van der Waals surface area contributed by atoms with Crippen LogP contribution in [0.25, 0.3) is 112 Å². The second-order valence-electron chi connectivity index (χ2n) is 15.1. The first-order chi connectivity index (χ1) is 30.2. The largest absolute Gasteiger partial charge is 0.436 e. The molecule has 61 heavy (non-hydrogen) atoms. The SMILES string of the molecule is c1ccc(-c2ccccc2-c2ccc(-c3ccccc3-c3ccccc3)c3nc(-c4ccc(-c5ccc(-c6nc7ccccc7o6)cc5)cc4)c(-c4ccccc4)nc23)cc1. The minimum absolute atomic E-state index is 0.615. The van der Waals surface area contributed by atoms with Gasteiger partial charge in [0.25, 0.3) is 0 Å². The molecular formula is C57H37N3O. The Balaban J connectivity index is 1.09. The molecule has 0 N–H and O–H groups in total. The van der Waals surface area contributed by atoms with E-state index in [1.54, 1.807) is 0 Å². The van der Waals surface area contributed by atoms with Crippen molar-refractivity contribution in [2.75, 3.05) is 0 Å². The van der Waals surface area contributed by atoms with Gasteiger partial charge in [0.1, 0.15) is 5.52 Å². The highest BCUT2D eigenvalue weighted by Gasteiger charge is 2.22. The van der Waals surface area contributed by atoms with Crippen LogP contribution in [-0.2, 0) is 0 Å². The number of oxazole rings is 1. The predicted octanol–water partition coefficient (Wildman–Crippen LogP) is 15.1. The van der Waals surface area contributed by atoms with Gasteiger partial charge in [-0.3, -0.25) is 0 Å². The molecule has 0 saturated carbocycles. The summed E-state index contributed by atoms with van der Waals surface area (Å²) in [7, 11) is 0. The van der Waals surface area contributed by atoms with Gasteiger partial charge in [-0.1, -0.05) is 200 Å². The highest BCUT2D eigenvalue weighted by Crippen LogP contribution is 2.43. The molecule has 0 saturated heterocycles. The van der Waals surface area contributed by atoms with Crippen molar-refractivity contribution in [3.05, 3.63) is 224 Å². The number of aromatic nitrogens is 3. The van der Waals surface area contributed by atoms with E-state index in [4.69, 9.17) is 19.4 Å². The van der Waals surface area contributed by atoms with E-state index in [1.165, 1.54) is 0 Å². The minimum atomic E-state index is 0.615. The maximum atomic E-state index is 6.04. The fourth-order valence-corrected chi connectivity index (χ4v) is 8.37. The van der Waals surface area contributed by atoms with E-state index in [0.717, 1.165) is 106 Å². The highest BCUT2D eigenvalue weighted by atomic mass is 16.3. The number of fused-ring (bicyclic) bond motifs is 2. The molecular weight excluding hydrogens is 743 g/mol. The van der Waals surface area contributed by atoms with E-state index in [2.05, 4.69) is 194 Å². The molecule has 0 aliphatic heterocycles. The Morgan fingerprint density at radius 3 is 1.11 bits per heavy atom. The smallest absolute Gasteiger partial charge is 0.227 e. The Labute approximate surface area is 354 Å². The second kappa shape index (κ2) is 15.5. The molecule has 11 rings (SSSR count). The third kappa shape index (κ3) is 6.76. The lowest BCUT2D eigenvalue weighted by atomic mass is 9.89. The Kier molecular flexibility index (Phi) is 9.14. The van der Waals surface area contributed by atoms with Gasteiger partial charge in [-0.2, -0.15) is 0 Å². The first kappa shape index (κ1) is 35.9. The van der Waals surface area contributed by atoms with Crippen molar-refractivity contribution in [2.45, 2.75) is 0 Å². The van der Waals surface area contributed by atoms with Crippen LogP contribution in [0, 0.1) is 0 Å². The van der Waals surface area contributed by atoms with Crippen molar-refractivity contribution >= 4 is 22.1 Å².